The van der Waals surface area contributed by atoms with Crippen molar-refractivity contribution in [2.75, 3.05) is 0 Å². The lowest BCUT2D eigenvalue weighted by Gasteiger charge is -2.08. The van der Waals surface area contributed by atoms with Crippen molar-refractivity contribution in [3.63, 3.8) is 0 Å². The van der Waals surface area contributed by atoms with E-state index in [0.717, 1.165) is 16.8 Å². The fourth-order valence-electron chi connectivity index (χ4n) is 2.59. The van der Waals surface area contributed by atoms with Gasteiger partial charge in [-0.25, -0.2) is 26.6 Å². The number of sulfonamides is 1. The van der Waals surface area contributed by atoms with Crippen LogP contribution in [0.4, 0.5) is 8.78 Å². The SMILES string of the molecule is Cc1ccccc1S(=O)(=O)NC(=O)c1cc(C)n(-c2c(F)cccc2F)n1. The minimum absolute atomic E-state index is 0.0466. The Kier molecular flexibility index (Phi) is 4.79. The molecule has 0 spiro atoms. The molecule has 0 unspecified atom stereocenters. The fraction of sp³-hybridized carbons (Fsp3) is 0.111. The highest BCUT2D eigenvalue weighted by Gasteiger charge is 2.23. The molecular weight excluding hydrogens is 376 g/mol. The third kappa shape index (κ3) is 3.59. The molecule has 1 N–H and O–H groups in total. The maximum absolute atomic E-state index is 14.0. The summed E-state index contributed by atoms with van der Waals surface area (Å²) in [6, 6.07) is 10.7. The summed E-state index contributed by atoms with van der Waals surface area (Å²) in [6.07, 6.45) is 0. The van der Waals surface area contributed by atoms with E-state index in [1.54, 1.807) is 19.1 Å². The zero-order valence-electron chi connectivity index (χ0n) is 14.4. The van der Waals surface area contributed by atoms with Crippen molar-refractivity contribution in [1.82, 2.24) is 14.5 Å². The minimum atomic E-state index is -4.12. The molecule has 0 fully saturated rings. The van der Waals surface area contributed by atoms with E-state index in [4.69, 9.17) is 0 Å². The van der Waals surface area contributed by atoms with Crippen molar-refractivity contribution >= 4 is 15.9 Å². The molecule has 27 heavy (non-hydrogen) atoms. The third-order valence-electron chi connectivity index (χ3n) is 3.88. The lowest BCUT2D eigenvalue weighted by atomic mass is 10.2. The molecule has 0 radical (unpaired) electrons. The summed E-state index contributed by atoms with van der Waals surface area (Å²) < 4.78 is 55.6. The Hall–Kier alpha value is -3.07. The van der Waals surface area contributed by atoms with Gasteiger partial charge in [0.05, 0.1) is 4.90 Å². The van der Waals surface area contributed by atoms with Crippen molar-refractivity contribution in [1.29, 1.82) is 0 Å². The van der Waals surface area contributed by atoms with E-state index in [2.05, 4.69) is 5.10 Å². The topological polar surface area (TPSA) is 81.1 Å². The van der Waals surface area contributed by atoms with Crippen LogP contribution in [0, 0.1) is 25.5 Å². The number of carbonyl (C=O) groups excluding carboxylic acids is 1. The predicted molar refractivity (Wildman–Crippen MR) is 94.0 cm³/mol. The quantitative estimate of drug-likeness (QED) is 0.742. The second-order valence-corrected chi connectivity index (χ2v) is 7.50. The van der Waals surface area contributed by atoms with E-state index in [-0.39, 0.29) is 16.3 Å². The predicted octanol–water partition coefficient (Wildman–Crippen LogP) is 2.89. The molecule has 140 valence electrons. The Labute approximate surface area is 154 Å². The molecule has 0 aliphatic heterocycles. The van der Waals surface area contributed by atoms with Gasteiger partial charge in [-0.05, 0) is 43.7 Å². The maximum Gasteiger partial charge on any atom is 0.285 e. The number of nitrogens with one attached hydrogen (secondary N) is 1. The summed E-state index contributed by atoms with van der Waals surface area (Å²) in [6.45, 7) is 3.09. The minimum Gasteiger partial charge on any atom is -0.266 e. The first-order chi connectivity index (χ1) is 12.7. The summed E-state index contributed by atoms with van der Waals surface area (Å²) in [5.41, 5.74) is -0.00602. The van der Waals surface area contributed by atoms with Crippen LogP contribution in [0.5, 0.6) is 0 Å². The van der Waals surface area contributed by atoms with Gasteiger partial charge < -0.3 is 0 Å². The zero-order valence-corrected chi connectivity index (χ0v) is 15.2. The second-order valence-electron chi connectivity index (χ2n) is 5.85. The Morgan fingerprint density at radius 2 is 1.67 bits per heavy atom. The van der Waals surface area contributed by atoms with Gasteiger partial charge in [0.25, 0.3) is 15.9 Å². The number of halogens is 2. The standard InChI is InChI=1S/C18H15F2N3O3S/c1-11-6-3-4-9-16(11)27(25,26)22-18(24)15-10-12(2)23(21-15)17-13(19)7-5-8-14(17)20/h3-10H,1-2H3,(H,22,24). The van der Waals surface area contributed by atoms with E-state index >= 15 is 0 Å². The molecule has 3 aromatic rings. The molecule has 0 aliphatic rings. The number of amides is 1. The van der Waals surface area contributed by atoms with Crippen LogP contribution in [0.2, 0.25) is 0 Å². The molecule has 0 saturated carbocycles. The van der Waals surface area contributed by atoms with Crippen molar-refractivity contribution in [3.05, 3.63) is 77.1 Å². The third-order valence-corrected chi connectivity index (χ3v) is 5.37. The van der Waals surface area contributed by atoms with Crippen molar-refractivity contribution < 1.29 is 22.0 Å². The average molecular weight is 391 g/mol. The van der Waals surface area contributed by atoms with Gasteiger partial charge in [0, 0.05) is 5.69 Å². The number of hydrogen-bond donors (Lipinski definition) is 1. The number of para-hydroxylation sites is 1. The molecule has 1 heterocycles. The van der Waals surface area contributed by atoms with Gasteiger partial charge >= 0.3 is 0 Å². The number of benzene rings is 2. The van der Waals surface area contributed by atoms with Crippen LogP contribution in [0.3, 0.4) is 0 Å². The average Bonchev–Trinajstić information content (AvgIpc) is 2.96. The summed E-state index contributed by atoms with van der Waals surface area (Å²) in [5, 5.41) is 3.86. The zero-order chi connectivity index (χ0) is 19.8. The van der Waals surface area contributed by atoms with Crippen LogP contribution in [0.25, 0.3) is 5.69 Å². The van der Waals surface area contributed by atoms with Gasteiger partial charge in [-0.2, -0.15) is 5.10 Å². The monoisotopic (exact) mass is 391 g/mol. The number of aryl methyl sites for hydroxylation is 2. The summed E-state index contributed by atoms with van der Waals surface area (Å²) in [4.78, 5) is 12.3. The Balaban J connectivity index is 1.95. The molecule has 1 aromatic heterocycles. The Bertz CT molecular complexity index is 1120. The molecule has 6 nitrogen and oxygen atoms in total. The number of rotatable bonds is 4. The number of hydrogen-bond acceptors (Lipinski definition) is 4. The van der Waals surface area contributed by atoms with E-state index in [0.29, 0.717) is 5.56 Å². The molecule has 9 heteroatoms. The van der Waals surface area contributed by atoms with Crippen molar-refractivity contribution in [3.8, 4) is 5.69 Å². The van der Waals surface area contributed by atoms with Gasteiger partial charge in [-0.15, -0.1) is 0 Å². The van der Waals surface area contributed by atoms with Gasteiger partial charge in [0.2, 0.25) is 0 Å². The number of nitrogens with zero attached hydrogens (tertiary/aromatic N) is 2. The molecule has 2 aromatic carbocycles. The molecule has 0 atom stereocenters. The highest BCUT2D eigenvalue weighted by atomic mass is 32.2. The van der Waals surface area contributed by atoms with E-state index in [1.165, 1.54) is 31.2 Å². The molecule has 0 bridgehead atoms. The molecular formula is C18H15F2N3O3S. The molecule has 0 saturated heterocycles. The van der Waals surface area contributed by atoms with Crippen molar-refractivity contribution in [2.45, 2.75) is 18.7 Å². The Morgan fingerprint density at radius 1 is 1.04 bits per heavy atom. The van der Waals surface area contributed by atoms with Crippen LogP contribution in [0.1, 0.15) is 21.7 Å². The maximum atomic E-state index is 14.0. The second kappa shape index (κ2) is 6.92. The highest BCUT2D eigenvalue weighted by molar-refractivity contribution is 7.90. The molecule has 0 aliphatic carbocycles. The van der Waals surface area contributed by atoms with Gasteiger partial charge in [-0.1, -0.05) is 24.3 Å². The first-order valence-corrected chi connectivity index (χ1v) is 9.33. The first kappa shape index (κ1) is 18.7. The van der Waals surface area contributed by atoms with E-state index in [9.17, 15) is 22.0 Å². The molecule has 1 amide bonds. The van der Waals surface area contributed by atoms with Crippen LogP contribution in [0.15, 0.2) is 53.4 Å². The van der Waals surface area contributed by atoms with Crippen LogP contribution >= 0.6 is 0 Å². The summed E-state index contributed by atoms with van der Waals surface area (Å²) in [7, 11) is -4.12. The number of carbonyl (C=O) groups is 1. The fourth-order valence-corrected chi connectivity index (χ4v) is 3.80. The van der Waals surface area contributed by atoms with Gasteiger partial charge in [0.15, 0.2) is 17.3 Å². The molecule has 3 rings (SSSR count). The lowest BCUT2D eigenvalue weighted by molar-refractivity contribution is 0.0976. The summed E-state index contributed by atoms with van der Waals surface area (Å²) >= 11 is 0. The van der Waals surface area contributed by atoms with Crippen LogP contribution < -0.4 is 4.72 Å². The number of aromatic nitrogens is 2. The van der Waals surface area contributed by atoms with Crippen molar-refractivity contribution in [2.24, 2.45) is 0 Å². The lowest BCUT2D eigenvalue weighted by Crippen LogP contribution is -2.31. The largest absolute Gasteiger partial charge is 0.285 e. The highest BCUT2D eigenvalue weighted by Crippen LogP contribution is 2.20. The normalized spacial score (nSPS) is 11.4. The smallest absolute Gasteiger partial charge is 0.266 e. The van der Waals surface area contributed by atoms with Gasteiger partial charge in [0.1, 0.15) is 5.69 Å². The van der Waals surface area contributed by atoms with E-state index < -0.39 is 33.3 Å². The first-order valence-electron chi connectivity index (χ1n) is 7.84. The summed E-state index contributed by atoms with van der Waals surface area (Å²) in [5.74, 6) is -2.72. The van der Waals surface area contributed by atoms with Crippen LogP contribution in [-0.4, -0.2) is 24.1 Å². The van der Waals surface area contributed by atoms with E-state index in [1.807, 2.05) is 4.72 Å². The Morgan fingerprint density at radius 3 is 2.30 bits per heavy atom. The van der Waals surface area contributed by atoms with Crippen LogP contribution in [-0.2, 0) is 10.0 Å². The van der Waals surface area contributed by atoms with Gasteiger partial charge in [-0.3, -0.25) is 4.79 Å².